The molecule has 1 fully saturated rings. The largest absolute Gasteiger partial charge is 0.444 e. The monoisotopic (exact) mass is 361 g/mol. The molecule has 4 heteroatoms. The van der Waals surface area contributed by atoms with E-state index in [0.29, 0.717) is 5.92 Å². The molecule has 0 radical (unpaired) electrons. The number of benzene rings is 1. The first-order valence-electron chi connectivity index (χ1n) is 9.73. The van der Waals surface area contributed by atoms with Crippen molar-refractivity contribution in [3.05, 3.63) is 35.9 Å². The Hall–Kier alpha value is -1.55. The van der Waals surface area contributed by atoms with Crippen LogP contribution in [0.25, 0.3) is 0 Å². The molecule has 26 heavy (non-hydrogen) atoms. The number of rotatable bonds is 5. The fourth-order valence-electron chi connectivity index (χ4n) is 3.68. The molecule has 1 aromatic carbocycles. The number of nitrogens with zero attached hydrogens (tertiary/aromatic N) is 1. The average Bonchev–Trinajstić information content (AvgIpc) is 2.74. The van der Waals surface area contributed by atoms with Crippen molar-refractivity contribution in [3.8, 4) is 0 Å². The van der Waals surface area contributed by atoms with Crippen LogP contribution >= 0.6 is 0 Å². The van der Waals surface area contributed by atoms with Crippen molar-refractivity contribution in [1.29, 1.82) is 0 Å². The summed E-state index contributed by atoms with van der Waals surface area (Å²) in [6, 6.07) is 10.5. The predicted octanol–water partition coefficient (Wildman–Crippen LogP) is 5.41. The summed E-state index contributed by atoms with van der Waals surface area (Å²) < 4.78 is 12.0. The van der Waals surface area contributed by atoms with Crippen molar-refractivity contribution < 1.29 is 14.3 Å². The summed E-state index contributed by atoms with van der Waals surface area (Å²) in [5.74, 6) is 0.474. The van der Waals surface area contributed by atoms with E-state index in [0.717, 1.165) is 19.3 Å². The van der Waals surface area contributed by atoms with E-state index >= 15 is 0 Å². The second-order valence-corrected chi connectivity index (χ2v) is 9.17. The Labute approximate surface area is 158 Å². The van der Waals surface area contributed by atoms with Gasteiger partial charge in [-0.2, -0.15) is 0 Å². The van der Waals surface area contributed by atoms with Gasteiger partial charge in [0.1, 0.15) is 11.3 Å². The fourth-order valence-corrected chi connectivity index (χ4v) is 3.68. The minimum absolute atomic E-state index is 0.0140. The van der Waals surface area contributed by atoms with Crippen LogP contribution in [-0.2, 0) is 15.9 Å². The van der Waals surface area contributed by atoms with Crippen molar-refractivity contribution in [2.24, 2.45) is 5.92 Å². The smallest absolute Gasteiger partial charge is 0.412 e. The minimum Gasteiger partial charge on any atom is -0.444 e. The van der Waals surface area contributed by atoms with E-state index in [1.807, 2.05) is 45.6 Å². The summed E-state index contributed by atoms with van der Waals surface area (Å²) in [7, 11) is 0. The van der Waals surface area contributed by atoms with Gasteiger partial charge in [-0.3, -0.25) is 4.90 Å². The van der Waals surface area contributed by atoms with Crippen molar-refractivity contribution >= 4 is 6.09 Å². The molecule has 0 aromatic heterocycles. The molecular weight excluding hydrogens is 326 g/mol. The Morgan fingerprint density at radius 2 is 1.85 bits per heavy atom. The normalized spacial score (nSPS) is 22.7. The molecule has 0 N–H and O–H groups in total. The topological polar surface area (TPSA) is 38.8 Å². The molecule has 1 aromatic rings. The van der Waals surface area contributed by atoms with Crippen molar-refractivity contribution in [2.75, 3.05) is 0 Å². The lowest BCUT2D eigenvalue weighted by molar-refractivity contribution is -0.0798. The van der Waals surface area contributed by atoms with Crippen LogP contribution < -0.4 is 0 Å². The molecule has 4 nitrogen and oxygen atoms in total. The summed E-state index contributed by atoms with van der Waals surface area (Å²) in [5.41, 5.74) is 0.119. The van der Waals surface area contributed by atoms with Crippen LogP contribution in [-0.4, -0.2) is 34.5 Å². The average molecular weight is 362 g/mol. The van der Waals surface area contributed by atoms with Gasteiger partial charge in [-0.25, -0.2) is 4.79 Å². The van der Waals surface area contributed by atoms with Gasteiger partial charge >= 0.3 is 6.09 Å². The number of ether oxygens (including phenoxy) is 2. The van der Waals surface area contributed by atoms with E-state index in [9.17, 15) is 4.79 Å². The molecule has 1 aliphatic heterocycles. The molecule has 2 atom stereocenters. The van der Waals surface area contributed by atoms with Gasteiger partial charge in [0.2, 0.25) is 0 Å². The second-order valence-electron chi connectivity index (χ2n) is 9.17. The van der Waals surface area contributed by atoms with Crippen LogP contribution in [0.5, 0.6) is 0 Å². The molecule has 2 rings (SSSR count). The van der Waals surface area contributed by atoms with E-state index in [2.05, 4.69) is 38.1 Å². The number of aryl methyl sites for hydroxylation is 1. The maximum Gasteiger partial charge on any atom is 0.412 e. The Balaban J connectivity index is 2.18. The first-order chi connectivity index (χ1) is 12.0. The van der Waals surface area contributed by atoms with E-state index in [1.54, 1.807) is 0 Å². The highest BCUT2D eigenvalue weighted by molar-refractivity contribution is 5.70. The Kier molecular flexibility index (Phi) is 6.38. The molecule has 146 valence electrons. The van der Waals surface area contributed by atoms with Crippen LogP contribution in [0.15, 0.2) is 30.3 Å². The molecule has 1 amide bonds. The molecule has 0 aliphatic carbocycles. The summed E-state index contributed by atoms with van der Waals surface area (Å²) in [4.78, 5) is 14.7. The molecule has 0 bridgehead atoms. The summed E-state index contributed by atoms with van der Waals surface area (Å²) in [5, 5.41) is 0. The van der Waals surface area contributed by atoms with Gasteiger partial charge in [0.15, 0.2) is 0 Å². The SMILES string of the molecule is CC(C)C[C@H]1[C@H](CCc2ccccc2)OC(C)(C)N1C(=O)OC(C)(C)C. The maximum absolute atomic E-state index is 12.9. The Morgan fingerprint density at radius 3 is 2.38 bits per heavy atom. The molecular formula is C22H35NO3. The lowest BCUT2D eigenvalue weighted by Gasteiger charge is -2.35. The third-order valence-electron chi connectivity index (χ3n) is 4.64. The summed E-state index contributed by atoms with van der Waals surface area (Å²) >= 11 is 0. The quantitative estimate of drug-likeness (QED) is 0.704. The Morgan fingerprint density at radius 1 is 1.23 bits per heavy atom. The maximum atomic E-state index is 12.9. The third kappa shape index (κ3) is 5.47. The van der Waals surface area contributed by atoms with E-state index in [4.69, 9.17) is 9.47 Å². The molecule has 0 saturated carbocycles. The first kappa shape index (κ1) is 20.8. The Bertz CT molecular complexity index is 589. The zero-order chi connectivity index (χ0) is 19.5. The van der Waals surface area contributed by atoms with Gasteiger partial charge < -0.3 is 9.47 Å². The first-order valence-corrected chi connectivity index (χ1v) is 9.73. The predicted molar refractivity (Wildman–Crippen MR) is 105 cm³/mol. The van der Waals surface area contributed by atoms with Gasteiger partial charge in [0.25, 0.3) is 0 Å². The molecule has 1 heterocycles. The second kappa shape index (κ2) is 7.99. The van der Waals surface area contributed by atoms with Gasteiger partial charge in [0.05, 0.1) is 12.1 Å². The van der Waals surface area contributed by atoms with Crippen LogP contribution in [0, 0.1) is 5.92 Å². The molecule has 1 aliphatic rings. The van der Waals surface area contributed by atoms with E-state index in [1.165, 1.54) is 5.56 Å². The van der Waals surface area contributed by atoms with Gasteiger partial charge in [-0.1, -0.05) is 44.2 Å². The van der Waals surface area contributed by atoms with Gasteiger partial charge in [-0.15, -0.1) is 0 Å². The number of hydrogen-bond acceptors (Lipinski definition) is 3. The van der Waals surface area contributed by atoms with Crippen LogP contribution in [0.4, 0.5) is 4.79 Å². The number of hydrogen-bond donors (Lipinski definition) is 0. The van der Waals surface area contributed by atoms with Gasteiger partial charge in [0, 0.05) is 0 Å². The van der Waals surface area contributed by atoms with Crippen LogP contribution in [0.3, 0.4) is 0 Å². The number of carbonyl (C=O) groups is 1. The molecule has 1 saturated heterocycles. The zero-order valence-corrected chi connectivity index (χ0v) is 17.4. The highest BCUT2D eigenvalue weighted by atomic mass is 16.6. The standard InChI is InChI=1S/C22H35NO3/c1-16(2)15-18-19(14-13-17-11-9-8-10-12-17)25-22(6,7)23(18)20(24)26-21(3,4)5/h8-12,16,18-19H,13-15H2,1-7H3/t18-,19-/m0/s1. The molecule has 0 unspecified atom stereocenters. The zero-order valence-electron chi connectivity index (χ0n) is 17.4. The number of amides is 1. The van der Waals surface area contributed by atoms with Crippen molar-refractivity contribution in [2.45, 2.75) is 91.2 Å². The van der Waals surface area contributed by atoms with Crippen molar-refractivity contribution in [3.63, 3.8) is 0 Å². The molecule has 0 spiro atoms. The summed E-state index contributed by atoms with van der Waals surface area (Å²) in [6.07, 6.45) is 2.47. The van der Waals surface area contributed by atoms with Crippen LogP contribution in [0.2, 0.25) is 0 Å². The third-order valence-corrected chi connectivity index (χ3v) is 4.64. The fraction of sp³-hybridized carbons (Fsp3) is 0.682. The summed E-state index contributed by atoms with van der Waals surface area (Å²) in [6.45, 7) is 14.0. The van der Waals surface area contributed by atoms with E-state index < -0.39 is 11.3 Å². The minimum atomic E-state index is -0.663. The highest BCUT2D eigenvalue weighted by Crippen LogP contribution is 2.38. The van der Waals surface area contributed by atoms with Gasteiger partial charge in [-0.05, 0) is 65.4 Å². The lowest BCUT2D eigenvalue weighted by Crippen LogP contribution is -2.50. The number of carbonyl (C=O) groups excluding carboxylic acids is 1. The van der Waals surface area contributed by atoms with E-state index in [-0.39, 0.29) is 18.2 Å². The van der Waals surface area contributed by atoms with Crippen molar-refractivity contribution in [1.82, 2.24) is 4.90 Å². The lowest BCUT2D eigenvalue weighted by atomic mass is 9.94. The highest BCUT2D eigenvalue weighted by Gasteiger charge is 2.50. The van der Waals surface area contributed by atoms with Crippen LogP contribution in [0.1, 0.15) is 66.9 Å².